The Labute approximate surface area is 233 Å². The van der Waals surface area contributed by atoms with Gasteiger partial charge in [-0.05, 0) is 66.5 Å². The number of halogens is 3. The number of carbonyl (C=O) groups excluding carboxylic acids is 2. The molecule has 0 bridgehead atoms. The summed E-state index contributed by atoms with van der Waals surface area (Å²) in [7, 11) is 1.69. The van der Waals surface area contributed by atoms with Gasteiger partial charge in [-0.25, -0.2) is 4.39 Å². The Morgan fingerprint density at radius 2 is 1.97 bits per heavy atom. The van der Waals surface area contributed by atoms with E-state index in [9.17, 15) is 14.7 Å². The third-order valence-corrected chi connectivity index (χ3v) is 8.38. The van der Waals surface area contributed by atoms with Gasteiger partial charge >= 0.3 is 0 Å². The molecule has 2 aromatic rings. The first-order valence-electron chi connectivity index (χ1n) is 13.0. The summed E-state index contributed by atoms with van der Waals surface area (Å²) in [6, 6.07) is 8.43. The summed E-state index contributed by atoms with van der Waals surface area (Å²) in [5.41, 5.74) is 0.0686. The molecule has 0 aromatic heterocycles. The monoisotopic (exact) mass is 563 g/mol. The van der Waals surface area contributed by atoms with Gasteiger partial charge in [0.1, 0.15) is 12.1 Å². The molecule has 6 atom stereocenters. The molecule has 1 aliphatic carbocycles. The van der Waals surface area contributed by atoms with Crippen molar-refractivity contribution in [1.82, 2.24) is 10.6 Å². The summed E-state index contributed by atoms with van der Waals surface area (Å²) in [6.07, 6.45) is 2.73. The molecule has 38 heavy (non-hydrogen) atoms. The molecule has 0 spiro atoms. The van der Waals surface area contributed by atoms with Crippen LogP contribution in [-0.2, 0) is 15.0 Å². The fourth-order valence-corrected chi connectivity index (χ4v) is 6.61. The second kappa shape index (κ2) is 11.1. The van der Waals surface area contributed by atoms with Crippen molar-refractivity contribution in [1.29, 1.82) is 0 Å². The number of amides is 1. The quantitative estimate of drug-likeness (QED) is 0.347. The average molecular weight is 565 g/mol. The van der Waals surface area contributed by atoms with Gasteiger partial charge in [0.05, 0.1) is 22.6 Å². The molecule has 206 valence electrons. The average Bonchev–Trinajstić information content (AvgIpc) is 3.40. The van der Waals surface area contributed by atoms with Crippen LogP contribution in [0.3, 0.4) is 0 Å². The van der Waals surface area contributed by atoms with Crippen molar-refractivity contribution in [3.8, 4) is 0 Å². The minimum Gasteiger partial charge on any atom is -0.393 e. The third kappa shape index (κ3) is 5.57. The lowest BCUT2D eigenvalue weighted by Gasteiger charge is -2.39. The van der Waals surface area contributed by atoms with Crippen molar-refractivity contribution in [3.05, 3.63) is 63.4 Å². The molecule has 1 heterocycles. The number of hydrogen-bond acceptors (Lipinski definition) is 5. The van der Waals surface area contributed by atoms with Crippen molar-refractivity contribution >= 4 is 41.1 Å². The number of carbonyl (C=O) groups is 2. The van der Waals surface area contributed by atoms with Crippen LogP contribution in [-0.4, -0.2) is 48.6 Å². The summed E-state index contributed by atoms with van der Waals surface area (Å²) in [6.45, 7) is 6.19. The topological polar surface area (TPSA) is 90.5 Å². The molecule has 6 unspecified atom stereocenters. The Morgan fingerprint density at radius 3 is 2.55 bits per heavy atom. The molecule has 1 saturated heterocycles. The van der Waals surface area contributed by atoms with Gasteiger partial charge in [0.15, 0.2) is 0 Å². The van der Waals surface area contributed by atoms with Gasteiger partial charge < -0.3 is 25.9 Å². The Kier molecular flexibility index (Phi) is 8.43. The van der Waals surface area contributed by atoms with E-state index in [1.54, 1.807) is 25.2 Å². The first-order valence-corrected chi connectivity index (χ1v) is 13.8. The highest BCUT2D eigenvalue weighted by molar-refractivity contribution is 6.31. The smallest absolute Gasteiger partial charge is 0.238 e. The van der Waals surface area contributed by atoms with E-state index in [4.69, 9.17) is 23.2 Å². The largest absolute Gasteiger partial charge is 0.393 e. The van der Waals surface area contributed by atoms with Crippen molar-refractivity contribution < 1.29 is 19.1 Å². The van der Waals surface area contributed by atoms with Crippen LogP contribution in [0.15, 0.2) is 36.4 Å². The molecule has 1 amide bonds. The van der Waals surface area contributed by atoms with Crippen LogP contribution in [0.5, 0.6) is 0 Å². The number of aldehydes is 1. The van der Waals surface area contributed by atoms with Crippen LogP contribution in [0.2, 0.25) is 10.0 Å². The van der Waals surface area contributed by atoms with E-state index in [1.165, 1.54) is 12.1 Å². The SMILES string of the molecule is CNc1cc(Cl)c(F)cc1C1(C=O)C(CC(C)(C)C)NC(C(=O)NC2CCC(O)C2)C1c1cccc(Cl)c1. The second-order valence-electron chi connectivity index (χ2n) is 11.8. The Bertz CT molecular complexity index is 1200. The lowest BCUT2D eigenvalue weighted by molar-refractivity contribution is -0.124. The standard InChI is InChI=1S/C29H36Cl2FN3O3/c1-28(2,3)14-24-29(15-36,20-12-22(32)21(31)13-23(20)33-4)25(16-6-5-7-17(30)10-16)26(35-24)27(38)34-18-8-9-19(37)11-18/h5-7,10,12-13,15,18-19,24-26,33,35,37H,8-9,11,14H2,1-4H3,(H,34,38). The van der Waals surface area contributed by atoms with Gasteiger partial charge in [0, 0.05) is 35.8 Å². The molecule has 2 aromatic carbocycles. The minimum absolute atomic E-state index is 0.0640. The molecular formula is C29H36Cl2FN3O3. The predicted octanol–water partition coefficient (Wildman–Crippen LogP) is 5.20. The molecule has 1 aliphatic heterocycles. The molecule has 1 saturated carbocycles. The summed E-state index contributed by atoms with van der Waals surface area (Å²) < 4.78 is 15.1. The van der Waals surface area contributed by atoms with Crippen LogP contribution >= 0.6 is 23.2 Å². The molecule has 0 radical (unpaired) electrons. The molecule has 4 rings (SSSR count). The zero-order valence-corrected chi connectivity index (χ0v) is 23.7. The highest BCUT2D eigenvalue weighted by Crippen LogP contribution is 2.52. The summed E-state index contributed by atoms with van der Waals surface area (Å²) in [5.74, 6) is -1.61. The van der Waals surface area contributed by atoms with Gasteiger partial charge in [-0.3, -0.25) is 4.79 Å². The van der Waals surface area contributed by atoms with E-state index >= 15 is 4.39 Å². The molecular weight excluding hydrogens is 528 g/mol. The van der Waals surface area contributed by atoms with E-state index < -0.39 is 35.3 Å². The Morgan fingerprint density at radius 1 is 1.24 bits per heavy atom. The van der Waals surface area contributed by atoms with E-state index in [2.05, 4.69) is 36.7 Å². The fraction of sp³-hybridized carbons (Fsp3) is 0.517. The molecule has 4 N–H and O–H groups in total. The second-order valence-corrected chi connectivity index (χ2v) is 12.6. The normalized spacial score (nSPS) is 29.3. The number of benzene rings is 2. The third-order valence-electron chi connectivity index (χ3n) is 7.85. The van der Waals surface area contributed by atoms with Crippen LogP contribution in [0.1, 0.15) is 63.5 Å². The van der Waals surface area contributed by atoms with Crippen LogP contribution < -0.4 is 16.0 Å². The maximum absolute atomic E-state index is 15.1. The molecule has 6 nitrogen and oxygen atoms in total. The van der Waals surface area contributed by atoms with Crippen LogP contribution in [0.25, 0.3) is 0 Å². The van der Waals surface area contributed by atoms with E-state index in [-0.39, 0.29) is 22.4 Å². The number of aliphatic hydroxyl groups is 1. The highest BCUT2D eigenvalue weighted by atomic mass is 35.5. The zero-order chi connectivity index (χ0) is 27.8. The maximum Gasteiger partial charge on any atom is 0.238 e. The number of nitrogens with one attached hydrogen (secondary N) is 3. The minimum atomic E-state index is -1.33. The fourth-order valence-electron chi connectivity index (χ4n) is 6.24. The maximum atomic E-state index is 15.1. The number of aliphatic hydroxyl groups excluding tert-OH is 1. The van der Waals surface area contributed by atoms with Crippen molar-refractivity contribution in [2.45, 2.75) is 82.0 Å². The Balaban J connectivity index is 1.94. The van der Waals surface area contributed by atoms with Gasteiger partial charge in [-0.1, -0.05) is 56.1 Å². The van der Waals surface area contributed by atoms with Gasteiger partial charge in [-0.2, -0.15) is 0 Å². The first kappa shape index (κ1) is 28.8. The summed E-state index contributed by atoms with van der Waals surface area (Å²) in [5, 5.41) is 20.1. The summed E-state index contributed by atoms with van der Waals surface area (Å²) in [4.78, 5) is 27.4. The molecule has 9 heteroatoms. The Hall–Kier alpha value is -2.19. The highest BCUT2D eigenvalue weighted by Gasteiger charge is 2.60. The van der Waals surface area contributed by atoms with E-state index in [0.717, 1.165) is 6.29 Å². The predicted molar refractivity (Wildman–Crippen MR) is 149 cm³/mol. The van der Waals surface area contributed by atoms with E-state index in [0.29, 0.717) is 47.5 Å². The van der Waals surface area contributed by atoms with Crippen molar-refractivity contribution in [2.24, 2.45) is 5.41 Å². The van der Waals surface area contributed by atoms with Crippen LogP contribution in [0, 0.1) is 11.2 Å². The van der Waals surface area contributed by atoms with Gasteiger partial charge in [0.2, 0.25) is 5.91 Å². The summed E-state index contributed by atoms with van der Waals surface area (Å²) >= 11 is 12.5. The van der Waals surface area contributed by atoms with Crippen molar-refractivity contribution in [2.75, 3.05) is 12.4 Å². The first-order chi connectivity index (χ1) is 17.9. The lowest BCUT2D eigenvalue weighted by atomic mass is 9.62. The number of anilines is 1. The van der Waals surface area contributed by atoms with Crippen molar-refractivity contribution in [3.63, 3.8) is 0 Å². The van der Waals surface area contributed by atoms with Gasteiger partial charge in [0.25, 0.3) is 0 Å². The molecule has 2 fully saturated rings. The zero-order valence-electron chi connectivity index (χ0n) is 22.2. The van der Waals surface area contributed by atoms with Crippen LogP contribution in [0.4, 0.5) is 10.1 Å². The van der Waals surface area contributed by atoms with E-state index in [1.807, 2.05) is 6.07 Å². The molecule has 2 aliphatic rings. The lowest BCUT2D eigenvalue weighted by Crippen LogP contribution is -2.48. The number of rotatable bonds is 7. The number of hydrogen-bond donors (Lipinski definition) is 4. The van der Waals surface area contributed by atoms with Gasteiger partial charge in [-0.15, -0.1) is 0 Å².